The van der Waals surface area contributed by atoms with E-state index >= 15 is 0 Å². The minimum atomic E-state index is -2.97. The molecule has 0 bridgehead atoms. The van der Waals surface area contributed by atoms with Crippen LogP contribution in [0.1, 0.15) is 153 Å². The fourth-order valence-electron chi connectivity index (χ4n) is 15.2. The number of hydrogen-bond acceptors (Lipinski definition) is 8. The van der Waals surface area contributed by atoms with Crippen LogP contribution in [0.25, 0.3) is 0 Å². The summed E-state index contributed by atoms with van der Waals surface area (Å²) in [4.78, 5) is 26.9. The molecule has 1 heterocycles. The third kappa shape index (κ3) is 7.72. The number of carbonyl (C=O) groups is 2. The number of rotatable bonds is 12. The third-order valence-electron chi connectivity index (χ3n) is 18.1. The van der Waals surface area contributed by atoms with E-state index < -0.39 is 27.3 Å². The number of aliphatic hydroxyl groups is 1. The van der Waals surface area contributed by atoms with Crippen LogP contribution >= 0.6 is 0 Å². The summed E-state index contributed by atoms with van der Waals surface area (Å²) in [6.45, 7) is 25.0. The molecule has 1 saturated heterocycles. The van der Waals surface area contributed by atoms with Gasteiger partial charge in [0.1, 0.15) is 6.10 Å². The van der Waals surface area contributed by atoms with Gasteiger partial charge in [-0.05, 0) is 141 Å². The summed E-state index contributed by atoms with van der Waals surface area (Å²) in [7, 11) is -2.97. The Kier molecular flexibility index (Phi) is 11.9. The normalized spacial score (nSPS) is 42.3. The summed E-state index contributed by atoms with van der Waals surface area (Å²) in [5.74, 6) is 2.89. The Morgan fingerprint density at radius 2 is 1.53 bits per heavy atom. The van der Waals surface area contributed by atoms with Gasteiger partial charge in [-0.1, -0.05) is 62.3 Å². The lowest BCUT2D eigenvalue weighted by Crippen LogP contribution is -2.69. The van der Waals surface area contributed by atoms with Gasteiger partial charge in [0.15, 0.2) is 9.84 Å². The number of aliphatic hydroxyl groups excluding tert-OH is 1. The Morgan fingerprint density at radius 3 is 2.15 bits per heavy atom. The van der Waals surface area contributed by atoms with Gasteiger partial charge < -0.3 is 20.3 Å². The molecule has 6 rings (SSSR count). The highest BCUT2D eigenvalue weighted by Gasteiger charge is 2.71. The maximum atomic E-state index is 13.3. The van der Waals surface area contributed by atoms with Gasteiger partial charge in [0, 0.05) is 30.1 Å². The molecule has 0 aromatic heterocycles. The first-order valence-corrected chi connectivity index (χ1v) is 24.0. The Labute approximate surface area is 334 Å². The molecule has 0 spiro atoms. The molecule has 2 unspecified atom stereocenters. The van der Waals surface area contributed by atoms with Gasteiger partial charge in [0.2, 0.25) is 0 Å². The molecular formula is C45H78N2O7S. The Morgan fingerprint density at radius 1 is 0.855 bits per heavy atom. The van der Waals surface area contributed by atoms with Crippen LogP contribution in [0.2, 0.25) is 0 Å². The average Bonchev–Trinajstić information content (AvgIpc) is 3.44. The van der Waals surface area contributed by atoms with Gasteiger partial charge in [-0.3, -0.25) is 14.5 Å². The van der Waals surface area contributed by atoms with E-state index in [2.05, 4.69) is 58.7 Å². The molecule has 0 amide bonds. The molecule has 5 aliphatic carbocycles. The summed E-state index contributed by atoms with van der Waals surface area (Å²) < 4.78 is 30.6. The van der Waals surface area contributed by atoms with Gasteiger partial charge in [-0.25, -0.2) is 8.42 Å². The first-order valence-electron chi connectivity index (χ1n) is 22.2. The van der Waals surface area contributed by atoms with Gasteiger partial charge in [-0.15, -0.1) is 0 Å². The third-order valence-corrected chi connectivity index (χ3v) is 19.7. The number of ether oxygens (including phenoxy) is 1. The van der Waals surface area contributed by atoms with Crippen molar-refractivity contribution in [2.75, 3.05) is 31.1 Å². The van der Waals surface area contributed by atoms with E-state index in [0.29, 0.717) is 48.6 Å². The van der Waals surface area contributed by atoms with Crippen LogP contribution in [0.4, 0.5) is 0 Å². The van der Waals surface area contributed by atoms with E-state index in [4.69, 9.17) is 4.74 Å². The number of nitrogens with zero attached hydrogens (tertiary/aromatic N) is 1. The van der Waals surface area contributed by atoms with Crippen molar-refractivity contribution in [3.63, 3.8) is 0 Å². The second-order valence-corrected chi connectivity index (χ2v) is 24.6. The first-order chi connectivity index (χ1) is 25.4. The predicted molar refractivity (Wildman–Crippen MR) is 218 cm³/mol. The summed E-state index contributed by atoms with van der Waals surface area (Å²) in [5, 5.41) is 24.5. The van der Waals surface area contributed by atoms with Crippen molar-refractivity contribution in [3.8, 4) is 0 Å². The number of esters is 1. The van der Waals surface area contributed by atoms with E-state index in [1.54, 1.807) is 0 Å². The SMILES string of the molecule is CC(O)C(CCN[C@]12CC[C@@H](C(C)C)[C@@H]1[C@H]1CC[C@@H]3[C@@]4(C)CC[C@H](OC(=O)CC(C)(C)CC(=O)O)C(C)(C)[C@@H]4CC[C@@]3(C)[C@]1(C)CC2)N1CCS(=O)(=O)CC1. The highest BCUT2D eigenvalue weighted by atomic mass is 32.2. The molecule has 5 saturated carbocycles. The molecule has 9 nitrogen and oxygen atoms in total. The lowest BCUT2D eigenvalue weighted by molar-refractivity contribution is -0.247. The molecular weight excluding hydrogens is 713 g/mol. The van der Waals surface area contributed by atoms with Crippen molar-refractivity contribution in [1.82, 2.24) is 10.2 Å². The fourth-order valence-corrected chi connectivity index (χ4v) is 16.4. The zero-order chi connectivity index (χ0) is 40.6. The van der Waals surface area contributed by atoms with Crippen molar-refractivity contribution in [2.24, 2.45) is 62.6 Å². The van der Waals surface area contributed by atoms with Crippen LogP contribution in [-0.4, -0.2) is 90.4 Å². The number of aliphatic carboxylic acids is 1. The van der Waals surface area contributed by atoms with E-state index in [0.717, 1.165) is 32.2 Å². The number of carboxylic acid groups (broad SMARTS) is 1. The highest BCUT2D eigenvalue weighted by Crippen LogP contribution is 2.76. The fraction of sp³-hybridized carbons (Fsp3) is 0.956. The molecule has 12 atom stereocenters. The predicted octanol–water partition coefficient (Wildman–Crippen LogP) is 7.74. The number of carbonyl (C=O) groups excluding carboxylic acids is 1. The van der Waals surface area contributed by atoms with Gasteiger partial charge in [0.25, 0.3) is 0 Å². The number of carboxylic acids is 1. The molecule has 0 aromatic carbocycles. The largest absolute Gasteiger partial charge is 0.481 e. The minimum Gasteiger partial charge on any atom is -0.481 e. The van der Waals surface area contributed by atoms with E-state index in [9.17, 15) is 28.2 Å². The number of fused-ring (bicyclic) bond motifs is 7. The molecule has 10 heteroatoms. The maximum absolute atomic E-state index is 13.3. The molecule has 316 valence electrons. The van der Waals surface area contributed by atoms with Crippen LogP contribution in [0.15, 0.2) is 0 Å². The summed E-state index contributed by atoms with van der Waals surface area (Å²) in [5.41, 5.74) is -0.0596. The standard InChI is InChI=1S/C45H78N2O7S/c1-29(2)31-13-19-45(46-22-16-33(30(3)48)47-23-25-55(52,53)26-24-47)21-20-43(9)32(39(31)45)11-12-35-42(8)17-15-36(41(6,7)34(42)14-18-44(35,43)10)54-38(51)28-40(4,5)27-37(49)50/h29-36,39,46,48H,11-28H2,1-10H3,(H,49,50)/t30?,31-,32+,33?,34-,35+,36-,39+,42-,43+,44+,45-/m0/s1. The van der Waals surface area contributed by atoms with E-state index in [1.807, 2.05) is 20.8 Å². The Bertz CT molecular complexity index is 1530. The van der Waals surface area contributed by atoms with Crippen molar-refractivity contribution in [2.45, 2.75) is 176 Å². The molecule has 55 heavy (non-hydrogen) atoms. The second kappa shape index (κ2) is 15.1. The minimum absolute atomic E-state index is 0.0362. The topological polar surface area (TPSA) is 133 Å². The lowest BCUT2D eigenvalue weighted by Gasteiger charge is -2.73. The van der Waals surface area contributed by atoms with Crippen molar-refractivity contribution in [1.29, 1.82) is 0 Å². The summed E-state index contributed by atoms with van der Waals surface area (Å²) in [6, 6.07) is -0.0362. The summed E-state index contributed by atoms with van der Waals surface area (Å²) >= 11 is 0. The summed E-state index contributed by atoms with van der Waals surface area (Å²) in [6.07, 6.45) is 12.0. The van der Waals surface area contributed by atoms with E-state index in [-0.39, 0.29) is 69.7 Å². The number of hydrogen-bond donors (Lipinski definition) is 3. The zero-order valence-corrected chi connectivity index (χ0v) is 37.0. The smallest absolute Gasteiger partial charge is 0.306 e. The van der Waals surface area contributed by atoms with Crippen molar-refractivity contribution in [3.05, 3.63) is 0 Å². The molecule has 3 N–H and O–H groups in total. The van der Waals surface area contributed by atoms with Gasteiger partial charge in [-0.2, -0.15) is 0 Å². The van der Waals surface area contributed by atoms with Crippen LogP contribution < -0.4 is 5.32 Å². The number of sulfone groups is 1. The monoisotopic (exact) mass is 791 g/mol. The van der Waals surface area contributed by atoms with Crippen LogP contribution in [0, 0.1) is 62.6 Å². The Balaban J connectivity index is 1.19. The first kappa shape index (κ1) is 43.4. The quantitative estimate of drug-likeness (QED) is 0.170. The van der Waals surface area contributed by atoms with Crippen LogP contribution in [0.5, 0.6) is 0 Å². The molecule has 0 aromatic rings. The molecule has 0 radical (unpaired) electrons. The van der Waals surface area contributed by atoms with Gasteiger partial charge in [0.05, 0.1) is 30.5 Å². The average molecular weight is 791 g/mol. The van der Waals surface area contributed by atoms with Crippen molar-refractivity contribution >= 4 is 21.8 Å². The molecule has 6 fully saturated rings. The van der Waals surface area contributed by atoms with Crippen LogP contribution in [-0.2, 0) is 24.2 Å². The zero-order valence-electron chi connectivity index (χ0n) is 36.2. The second-order valence-electron chi connectivity index (χ2n) is 22.3. The van der Waals surface area contributed by atoms with E-state index in [1.165, 1.54) is 44.9 Å². The molecule has 1 aliphatic heterocycles. The van der Waals surface area contributed by atoms with Gasteiger partial charge >= 0.3 is 11.9 Å². The lowest BCUT2D eigenvalue weighted by atomic mass is 9.32. The highest BCUT2D eigenvalue weighted by molar-refractivity contribution is 7.91. The van der Waals surface area contributed by atoms with Crippen LogP contribution in [0.3, 0.4) is 0 Å². The van der Waals surface area contributed by atoms with Crippen molar-refractivity contribution < 1.29 is 33.0 Å². The molecule has 6 aliphatic rings. The Hall–Kier alpha value is -1.23. The number of nitrogens with one attached hydrogen (secondary N) is 1. The maximum Gasteiger partial charge on any atom is 0.306 e.